The van der Waals surface area contributed by atoms with E-state index in [2.05, 4.69) is 31.1 Å². The fourth-order valence-electron chi connectivity index (χ4n) is 2.20. The van der Waals surface area contributed by atoms with Crippen LogP contribution in [0.25, 0.3) is 0 Å². The SMILES string of the molecule is CN(C)C1CCc2c(N)cccc21. The molecule has 2 rings (SSSR count). The second kappa shape index (κ2) is 3.04. The third kappa shape index (κ3) is 1.31. The van der Waals surface area contributed by atoms with Gasteiger partial charge in [-0.05, 0) is 44.1 Å². The number of nitrogens with zero attached hydrogens (tertiary/aromatic N) is 1. The third-order valence-electron chi connectivity index (χ3n) is 2.90. The van der Waals surface area contributed by atoms with E-state index in [9.17, 15) is 0 Å². The lowest BCUT2D eigenvalue weighted by Gasteiger charge is -2.20. The van der Waals surface area contributed by atoms with Gasteiger partial charge in [-0.3, -0.25) is 0 Å². The van der Waals surface area contributed by atoms with Crippen LogP contribution in [0.3, 0.4) is 0 Å². The summed E-state index contributed by atoms with van der Waals surface area (Å²) in [7, 11) is 4.26. The Balaban J connectivity index is 2.43. The molecular weight excluding hydrogens is 160 g/mol. The Morgan fingerprint density at radius 1 is 1.38 bits per heavy atom. The molecule has 0 radical (unpaired) electrons. The molecule has 1 aromatic carbocycles. The molecule has 2 heteroatoms. The minimum atomic E-state index is 0.568. The van der Waals surface area contributed by atoms with E-state index < -0.39 is 0 Å². The highest BCUT2D eigenvalue weighted by atomic mass is 15.1. The van der Waals surface area contributed by atoms with Gasteiger partial charge in [0.25, 0.3) is 0 Å². The van der Waals surface area contributed by atoms with Crippen LogP contribution in [0.4, 0.5) is 5.69 Å². The molecule has 0 amide bonds. The number of nitrogen functional groups attached to an aromatic ring is 1. The molecule has 0 heterocycles. The molecule has 1 aliphatic rings. The summed E-state index contributed by atoms with van der Waals surface area (Å²) < 4.78 is 0. The molecule has 1 aromatic rings. The van der Waals surface area contributed by atoms with E-state index in [0.29, 0.717) is 6.04 Å². The standard InChI is InChI=1S/C11H16N2/c1-13(2)11-7-6-8-9(11)4-3-5-10(8)12/h3-5,11H,6-7,12H2,1-2H3. The van der Waals surface area contributed by atoms with Gasteiger partial charge in [0.1, 0.15) is 0 Å². The Kier molecular flexibility index (Phi) is 2.00. The minimum absolute atomic E-state index is 0.568. The Morgan fingerprint density at radius 2 is 2.15 bits per heavy atom. The largest absolute Gasteiger partial charge is 0.398 e. The second-order valence-corrected chi connectivity index (χ2v) is 3.93. The van der Waals surface area contributed by atoms with Gasteiger partial charge < -0.3 is 10.6 Å². The maximum atomic E-state index is 5.92. The quantitative estimate of drug-likeness (QED) is 0.661. The first kappa shape index (κ1) is 8.57. The Morgan fingerprint density at radius 3 is 2.85 bits per heavy atom. The predicted octanol–water partition coefficient (Wildman–Crippen LogP) is 1.82. The Bertz CT molecular complexity index is 318. The van der Waals surface area contributed by atoms with Crippen molar-refractivity contribution in [2.45, 2.75) is 18.9 Å². The molecule has 0 bridgehead atoms. The molecule has 70 valence electrons. The van der Waals surface area contributed by atoms with Crippen LogP contribution in [0.1, 0.15) is 23.6 Å². The van der Waals surface area contributed by atoms with Gasteiger partial charge in [-0.25, -0.2) is 0 Å². The average molecular weight is 176 g/mol. The van der Waals surface area contributed by atoms with Crippen molar-refractivity contribution in [2.24, 2.45) is 0 Å². The number of benzene rings is 1. The van der Waals surface area contributed by atoms with Gasteiger partial charge in [-0.15, -0.1) is 0 Å². The molecule has 0 aromatic heterocycles. The monoisotopic (exact) mass is 176 g/mol. The maximum absolute atomic E-state index is 5.92. The van der Waals surface area contributed by atoms with Crippen LogP contribution in [0.15, 0.2) is 18.2 Å². The fourth-order valence-corrected chi connectivity index (χ4v) is 2.20. The summed E-state index contributed by atoms with van der Waals surface area (Å²) in [5.74, 6) is 0. The molecule has 2 N–H and O–H groups in total. The van der Waals surface area contributed by atoms with Gasteiger partial charge in [-0.1, -0.05) is 12.1 Å². The van der Waals surface area contributed by atoms with Crippen LogP contribution >= 0.6 is 0 Å². The highest BCUT2D eigenvalue weighted by Crippen LogP contribution is 2.36. The summed E-state index contributed by atoms with van der Waals surface area (Å²) in [4.78, 5) is 2.27. The van der Waals surface area contributed by atoms with Crippen LogP contribution in [-0.4, -0.2) is 19.0 Å². The number of hydrogen-bond acceptors (Lipinski definition) is 2. The van der Waals surface area contributed by atoms with E-state index >= 15 is 0 Å². The van der Waals surface area contributed by atoms with Gasteiger partial charge in [0.05, 0.1) is 0 Å². The van der Waals surface area contributed by atoms with Crippen LogP contribution in [-0.2, 0) is 6.42 Å². The highest BCUT2D eigenvalue weighted by molar-refractivity contribution is 5.54. The first-order valence-corrected chi connectivity index (χ1v) is 4.74. The van der Waals surface area contributed by atoms with Crippen molar-refractivity contribution in [3.63, 3.8) is 0 Å². The highest BCUT2D eigenvalue weighted by Gasteiger charge is 2.24. The molecule has 0 fully saturated rings. The molecule has 2 nitrogen and oxygen atoms in total. The summed E-state index contributed by atoms with van der Waals surface area (Å²) in [6, 6.07) is 6.81. The lowest BCUT2D eigenvalue weighted by Crippen LogP contribution is -2.17. The number of anilines is 1. The first-order valence-electron chi connectivity index (χ1n) is 4.74. The predicted molar refractivity (Wildman–Crippen MR) is 55.6 cm³/mol. The average Bonchev–Trinajstić information content (AvgIpc) is 2.48. The summed E-state index contributed by atoms with van der Waals surface area (Å²) in [5.41, 5.74) is 9.66. The van der Waals surface area contributed by atoms with Crippen molar-refractivity contribution in [1.82, 2.24) is 4.90 Å². The maximum Gasteiger partial charge on any atom is 0.0349 e. The number of fused-ring (bicyclic) bond motifs is 1. The summed E-state index contributed by atoms with van der Waals surface area (Å²) >= 11 is 0. The first-order chi connectivity index (χ1) is 6.20. The summed E-state index contributed by atoms with van der Waals surface area (Å²) in [6.45, 7) is 0. The van der Waals surface area contributed by atoms with Crippen LogP contribution in [0.5, 0.6) is 0 Å². The van der Waals surface area contributed by atoms with E-state index in [1.165, 1.54) is 17.5 Å². The molecule has 0 saturated heterocycles. The molecule has 0 saturated carbocycles. The Hall–Kier alpha value is -1.02. The molecule has 13 heavy (non-hydrogen) atoms. The molecular formula is C11H16N2. The van der Waals surface area contributed by atoms with Crippen LogP contribution < -0.4 is 5.73 Å². The van der Waals surface area contributed by atoms with Crippen LogP contribution in [0.2, 0.25) is 0 Å². The summed E-state index contributed by atoms with van der Waals surface area (Å²) in [5, 5.41) is 0. The third-order valence-corrected chi connectivity index (χ3v) is 2.90. The van der Waals surface area contributed by atoms with Gasteiger partial charge in [0, 0.05) is 11.7 Å². The normalized spacial score (nSPS) is 20.7. The van der Waals surface area contributed by atoms with Gasteiger partial charge in [0.2, 0.25) is 0 Å². The van der Waals surface area contributed by atoms with Gasteiger partial charge in [-0.2, -0.15) is 0 Å². The van der Waals surface area contributed by atoms with Gasteiger partial charge >= 0.3 is 0 Å². The van der Waals surface area contributed by atoms with E-state index in [1.807, 2.05) is 6.07 Å². The lowest BCUT2D eigenvalue weighted by atomic mass is 10.1. The van der Waals surface area contributed by atoms with E-state index in [1.54, 1.807) is 0 Å². The molecule has 1 unspecified atom stereocenters. The zero-order valence-corrected chi connectivity index (χ0v) is 8.25. The lowest BCUT2D eigenvalue weighted by molar-refractivity contribution is 0.299. The van der Waals surface area contributed by atoms with Crippen LogP contribution in [0, 0.1) is 0 Å². The molecule has 1 aliphatic carbocycles. The molecule has 1 atom stereocenters. The van der Waals surface area contributed by atoms with Crippen molar-refractivity contribution in [1.29, 1.82) is 0 Å². The smallest absolute Gasteiger partial charge is 0.0349 e. The van der Waals surface area contributed by atoms with E-state index in [0.717, 1.165) is 12.1 Å². The molecule has 0 spiro atoms. The van der Waals surface area contributed by atoms with Gasteiger partial charge in [0.15, 0.2) is 0 Å². The van der Waals surface area contributed by atoms with Crippen molar-refractivity contribution < 1.29 is 0 Å². The molecule has 0 aliphatic heterocycles. The van der Waals surface area contributed by atoms with Crippen molar-refractivity contribution >= 4 is 5.69 Å². The summed E-state index contributed by atoms with van der Waals surface area (Å²) in [6.07, 6.45) is 2.33. The number of rotatable bonds is 1. The minimum Gasteiger partial charge on any atom is -0.398 e. The fraction of sp³-hybridized carbons (Fsp3) is 0.455. The van der Waals surface area contributed by atoms with E-state index in [-0.39, 0.29) is 0 Å². The number of nitrogens with two attached hydrogens (primary N) is 1. The van der Waals surface area contributed by atoms with Crippen molar-refractivity contribution in [3.05, 3.63) is 29.3 Å². The zero-order chi connectivity index (χ0) is 9.42. The Labute approximate surface area is 79.4 Å². The second-order valence-electron chi connectivity index (χ2n) is 3.93. The van der Waals surface area contributed by atoms with Crippen molar-refractivity contribution in [3.8, 4) is 0 Å². The van der Waals surface area contributed by atoms with Crippen molar-refractivity contribution in [2.75, 3.05) is 19.8 Å². The number of hydrogen-bond donors (Lipinski definition) is 1. The van der Waals surface area contributed by atoms with E-state index in [4.69, 9.17) is 5.73 Å². The zero-order valence-electron chi connectivity index (χ0n) is 8.25. The topological polar surface area (TPSA) is 29.3 Å².